The molecule has 1 aromatic rings. The molecular weight excluding hydrogens is 257 g/mol. The highest BCUT2D eigenvalue weighted by atomic mass is 35.5. The first-order valence-corrected chi connectivity index (χ1v) is 6.66. The molecule has 1 aliphatic heterocycles. The fraction of sp³-hybridized carbons (Fsp3) is 0.583. The Morgan fingerprint density at radius 2 is 1.47 bits per heavy atom. The van der Waals surface area contributed by atoms with E-state index in [0.29, 0.717) is 10.0 Å². The molecule has 17 heavy (non-hydrogen) atoms. The molecule has 1 fully saturated rings. The predicted octanol–water partition coefficient (Wildman–Crippen LogP) is 3.17. The molecule has 96 valence electrons. The molecule has 1 saturated heterocycles. The lowest BCUT2D eigenvalue weighted by molar-refractivity contribution is 0.313. The SMILES string of the molecule is CC.CN1CCN(c2c(Cl)cncc2Cl)CC1. The average molecular weight is 276 g/mol. The molecule has 2 heterocycles. The van der Waals surface area contributed by atoms with Gasteiger partial charge in [-0.25, -0.2) is 0 Å². The summed E-state index contributed by atoms with van der Waals surface area (Å²) in [6, 6.07) is 0. The summed E-state index contributed by atoms with van der Waals surface area (Å²) in [6.07, 6.45) is 3.28. The predicted molar refractivity (Wildman–Crippen MR) is 75.3 cm³/mol. The van der Waals surface area contributed by atoms with E-state index < -0.39 is 0 Å². The molecule has 0 aromatic carbocycles. The van der Waals surface area contributed by atoms with Crippen LogP contribution in [0.25, 0.3) is 0 Å². The molecule has 2 rings (SSSR count). The van der Waals surface area contributed by atoms with Crippen molar-refractivity contribution in [3.8, 4) is 0 Å². The normalized spacial score (nSPS) is 16.4. The molecule has 0 bridgehead atoms. The van der Waals surface area contributed by atoms with Crippen molar-refractivity contribution >= 4 is 28.9 Å². The summed E-state index contributed by atoms with van der Waals surface area (Å²) in [5.41, 5.74) is 0.918. The van der Waals surface area contributed by atoms with Crippen LogP contribution in [0.5, 0.6) is 0 Å². The molecule has 5 heteroatoms. The van der Waals surface area contributed by atoms with Crippen LogP contribution in [0.4, 0.5) is 5.69 Å². The topological polar surface area (TPSA) is 19.4 Å². The number of likely N-dealkylation sites (N-methyl/N-ethyl adjacent to an activating group) is 1. The minimum atomic E-state index is 0.632. The van der Waals surface area contributed by atoms with Gasteiger partial charge in [0, 0.05) is 38.6 Å². The fourth-order valence-electron chi connectivity index (χ4n) is 1.74. The zero-order valence-corrected chi connectivity index (χ0v) is 12.1. The lowest BCUT2D eigenvalue weighted by atomic mass is 10.3. The van der Waals surface area contributed by atoms with Crippen LogP contribution in [0, 0.1) is 0 Å². The van der Waals surface area contributed by atoms with Gasteiger partial charge < -0.3 is 9.80 Å². The van der Waals surface area contributed by atoms with Gasteiger partial charge in [0.2, 0.25) is 0 Å². The Kier molecular flexibility index (Phi) is 6.03. The Morgan fingerprint density at radius 1 is 1.00 bits per heavy atom. The maximum atomic E-state index is 6.10. The highest BCUT2D eigenvalue weighted by molar-refractivity contribution is 6.38. The summed E-state index contributed by atoms with van der Waals surface area (Å²) < 4.78 is 0. The lowest BCUT2D eigenvalue weighted by Crippen LogP contribution is -2.44. The third kappa shape index (κ3) is 3.73. The van der Waals surface area contributed by atoms with Gasteiger partial charge in [-0.2, -0.15) is 0 Å². The number of nitrogens with zero attached hydrogens (tertiary/aromatic N) is 3. The van der Waals surface area contributed by atoms with Crippen molar-refractivity contribution in [2.75, 3.05) is 38.1 Å². The van der Waals surface area contributed by atoms with Crippen LogP contribution in [0.2, 0.25) is 10.0 Å². The van der Waals surface area contributed by atoms with Crippen molar-refractivity contribution in [1.82, 2.24) is 9.88 Å². The first kappa shape index (κ1) is 14.6. The summed E-state index contributed by atoms with van der Waals surface area (Å²) in [6.45, 7) is 7.99. The number of piperazine rings is 1. The number of halogens is 2. The minimum Gasteiger partial charge on any atom is -0.366 e. The summed E-state index contributed by atoms with van der Waals surface area (Å²) in [5, 5.41) is 1.26. The molecule has 0 unspecified atom stereocenters. The van der Waals surface area contributed by atoms with Gasteiger partial charge in [-0.15, -0.1) is 0 Å². The average Bonchev–Trinajstić information content (AvgIpc) is 2.34. The zero-order valence-electron chi connectivity index (χ0n) is 10.6. The molecule has 1 aliphatic rings. The van der Waals surface area contributed by atoms with E-state index in [4.69, 9.17) is 23.2 Å². The third-order valence-corrected chi connectivity index (χ3v) is 3.20. The minimum absolute atomic E-state index is 0.632. The molecule has 0 atom stereocenters. The van der Waals surface area contributed by atoms with Gasteiger partial charge in [0.1, 0.15) is 0 Å². The molecule has 0 amide bonds. The van der Waals surface area contributed by atoms with Crippen LogP contribution in [-0.2, 0) is 0 Å². The summed E-state index contributed by atoms with van der Waals surface area (Å²) in [7, 11) is 2.12. The second kappa shape index (κ2) is 7.04. The largest absolute Gasteiger partial charge is 0.366 e. The van der Waals surface area contributed by atoms with E-state index in [0.717, 1.165) is 31.9 Å². The van der Waals surface area contributed by atoms with Crippen LogP contribution in [0.15, 0.2) is 12.4 Å². The van der Waals surface area contributed by atoms with E-state index in [1.165, 1.54) is 0 Å². The fourth-order valence-corrected chi connectivity index (χ4v) is 2.34. The maximum Gasteiger partial charge on any atom is 0.0838 e. The van der Waals surface area contributed by atoms with Gasteiger partial charge in [-0.05, 0) is 7.05 Å². The number of aromatic nitrogens is 1. The van der Waals surface area contributed by atoms with Crippen molar-refractivity contribution < 1.29 is 0 Å². The van der Waals surface area contributed by atoms with Crippen LogP contribution in [-0.4, -0.2) is 43.1 Å². The van der Waals surface area contributed by atoms with Crippen LogP contribution < -0.4 is 4.90 Å². The molecule has 0 N–H and O–H groups in total. The van der Waals surface area contributed by atoms with E-state index in [2.05, 4.69) is 21.8 Å². The number of pyridine rings is 1. The zero-order chi connectivity index (χ0) is 12.8. The highest BCUT2D eigenvalue weighted by Gasteiger charge is 2.18. The van der Waals surface area contributed by atoms with Gasteiger partial charge in [0.05, 0.1) is 15.7 Å². The lowest BCUT2D eigenvalue weighted by Gasteiger charge is -2.34. The van der Waals surface area contributed by atoms with Crippen molar-refractivity contribution in [3.05, 3.63) is 22.4 Å². The number of rotatable bonds is 1. The van der Waals surface area contributed by atoms with Gasteiger partial charge in [0.25, 0.3) is 0 Å². The van der Waals surface area contributed by atoms with Gasteiger partial charge in [0.15, 0.2) is 0 Å². The second-order valence-electron chi connectivity index (χ2n) is 3.74. The molecule has 0 spiro atoms. The summed E-state index contributed by atoms with van der Waals surface area (Å²) >= 11 is 12.2. The quantitative estimate of drug-likeness (QED) is 0.785. The van der Waals surface area contributed by atoms with Gasteiger partial charge in [-0.3, -0.25) is 4.98 Å². The Hall–Kier alpha value is -0.510. The Labute approximate surface area is 113 Å². The van der Waals surface area contributed by atoms with E-state index in [9.17, 15) is 0 Å². The Balaban J connectivity index is 0.000000686. The van der Waals surface area contributed by atoms with Crippen LogP contribution in [0.1, 0.15) is 13.8 Å². The third-order valence-electron chi connectivity index (χ3n) is 2.65. The molecular formula is C12H19Cl2N3. The number of hydrogen-bond donors (Lipinski definition) is 0. The maximum absolute atomic E-state index is 6.10. The van der Waals surface area contributed by atoms with Crippen molar-refractivity contribution in [3.63, 3.8) is 0 Å². The first-order valence-electron chi connectivity index (χ1n) is 5.91. The number of hydrogen-bond acceptors (Lipinski definition) is 3. The second-order valence-corrected chi connectivity index (χ2v) is 4.56. The smallest absolute Gasteiger partial charge is 0.0838 e. The highest BCUT2D eigenvalue weighted by Crippen LogP contribution is 2.32. The Bertz CT molecular complexity index is 329. The molecule has 0 radical (unpaired) electrons. The van der Waals surface area contributed by atoms with Crippen molar-refractivity contribution in [2.24, 2.45) is 0 Å². The van der Waals surface area contributed by atoms with Crippen LogP contribution >= 0.6 is 23.2 Å². The number of anilines is 1. The first-order chi connectivity index (χ1) is 8.18. The molecule has 0 aliphatic carbocycles. The van der Waals surface area contributed by atoms with Gasteiger partial charge in [-0.1, -0.05) is 37.0 Å². The molecule has 0 saturated carbocycles. The molecule has 3 nitrogen and oxygen atoms in total. The standard InChI is InChI=1S/C10H13Cl2N3.C2H6/c1-14-2-4-15(5-3-14)10-8(11)6-13-7-9(10)12;1-2/h6-7H,2-5H2,1H3;1-2H3. The Morgan fingerprint density at radius 3 is 1.94 bits per heavy atom. The molecule has 1 aromatic heterocycles. The van der Waals surface area contributed by atoms with Crippen LogP contribution in [0.3, 0.4) is 0 Å². The van der Waals surface area contributed by atoms with Crippen molar-refractivity contribution in [1.29, 1.82) is 0 Å². The van der Waals surface area contributed by atoms with E-state index in [-0.39, 0.29) is 0 Å². The van der Waals surface area contributed by atoms with E-state index in [1.54, 1.807) is 12.4 Å². The monoisotopic (exact) mass is 275 g/mol. The van der Waals surface area contributed by atoms with Gasteiger partial charge >= 0.3 is 0 Å². The summed E-state index contributed by atoms with van der Waals surface area (Å²) in [5.74, 6) is 0. The summed E-state index contributed by atoms with van der Waals surface area (Å²) in [4.78, 5) is 8.46. The van der Waals surface area contributed by atoms with E-state index in [1.807, 2.05) is 13.8 Å². The van der Waals surface area contributed by atoms with E-state index >= 15 is 0 Å². The van der Waals surface area contributed by atoms with Crippen molar-refractivity contribution in [2.45, 2.75) is 13.8 Å².